The molecule has 0 unspecified atom stereocenters. The van der Waals surface area contributed by atoms with E-state index in [1.807, 2.05) is 13.0 Å². The van der Waals surface area contributed by atoms with Gasteiger partial charge in [0.2, 0.25) is 0 Å². The first-order valence-corrected chi connectivity index (χ1v) is 7.91. The van der Waals surface area contributed by atoms with Gasteiger partial charge in [0.05, 0.1) is 23.1 Å². The molecule has 0 atom stereocenters. The Bertz CT molecular complexity index is 615. The van der Waals surface area contributed by atoms with Gasteiger partial charge in [-0.1, -0.05) is 6.92 Å². The number of methoxy groups -OCH3 is 1. The minimum absolute atomic E-state index is 0.358. The number of ether oxygens (including phenoxy) is 2. The summed E-state index contributed by atoms with van der Waals surface area (Å²) in [7, 11) is 1.55. The molecule has 0 bridgehead atoms. The van der Waals surface area contributed by atoms with E-state index < -0.39 is 0 Å². The Labute approximate surface area is 135 Å². The Kier molecular flexibility index (Phi) is 5.30. The number of thioether (sulfide) groups is 1. The van der Waals surface area contributed by atoms with Gasteiger partial charge in [0.1, 0.15) is 0 Å². The first kappa shape index (κ1) is 15.9. The summed E-state index contributed by atoms with van der Waals surface area (Å²) in [4.78, 5) is 23.1. The molecule has 5 nitrogen and oxygen atoms in total. The Morgan fingerprint density at radius 2 is 2.14 bits per heavy atom. The minimum Gasteiger partial charge on any atom is -0.493 e. The van der Waals surface area contributed by atoms with Gasteiger partial charge in [-0.25, -0.2) is 0 Å². The van der Waals surface area contributed by atoms with Gasteiger partial charge in [-0.3, -0.25) is 14.9 Å². The number of hydrogen-bond donors (Lipinski definition) is 1. The highest BCUT2D eigenvalue weighted by Gasteiger charge is 2.25. The third-order valence-corrected chi connectivity index (χ3v) is 4.04. The predicted octanol–water partition coefficient (Wildman–Crippen LogP) is 3.57. The summed E-state index contributed by atoms with van der Waals surface area (Å²) < 4.78 is 11.7. The van der Waals surface area contributed by atoms with E-state index in [1.54, 1.807) is 19.3 Å². The number of halogens is 1. The average Bonchev–Trinajstić information content (AvgIpc) is 2.75. The second-order valence-corrected chi connectivity index (χ2v) is 6.10. The van der Waals surface area contributed by atoms with Crippen LogP contribution >= 0.6 is 27.7 Å². The Hall–Kier alpha value is -1.47. The molecule has 0 aromatic heterocycles. The molecule has 1 aliphatic heterocycles. The second kappa shape index (κ2) is 7.00. The van der Waals surface area contributed by atoms with Crippen molar-refractivity contribution in [3.63, 3.8) is 0 Å². The van der Waals surface area contributed by atoms with E-state index in [9.17, 15) is 9.59 Å². The second-order valence-electron chi connectivity index (χ2n) is 4.23. The van der Waals surface area contributed by atoms with Crippen LogP contribution in [-0.2, 0) is 4.79 Å². The van der Waals surface area contributed by atoms with Gasteiger partial charge in [0, 0.05) is 0 Å². The van der Waals surface area contributed by atoms with Crippen LogP contribution in [0, 0.1) is 0 Å². The smallest absolute Gasteiger partial charge is 0.290 e. The first-order chi connectivity index (χ1) is 10.0. The van der Waals surface area contributed by atoms with E-state index in [4.69, 9.17) is 9.47 Å². The number of imide groups is 1. The fraction of sp³-hybridized carbons (Fsp3) is 0.286. The van der Waals surface area contributed by atoms with Crippen molar-refractivity contribution in [1.82, 2.24) is 5.32 Å². The van der Waals surface area contributed by atoms with Gasteiger partial charge in [-0.2, -0.15) is 0 Å². The Morgan fingerprint density at radius 3 is 2.71 bits per heavy atom. The average molecular weight is 372 g/mol. The van der Waals surface area contributed by atoms with Crippen LogP contribution in [0.5, 0.6) is 11.5 Å². The first-order valence-electron chi connectivity index (χ1n) is 6.30. The van der Waals surface area contributed by atoms with E-state index in [0.717, 1.165) is 28.2 Å². The molecule has 1 saturated heterocycles. The van der Waals surface area contributed by atoms with Crippen molar-refractivity contribution in [3.8, 4) is 11.5 Å². The van der Waals surface area contributed by atoms with E-state index in [-0.39, 0.29) is 11.1 Å². The van der Waals surface area contributed by atoms with E-state index in [2.05, 4.69) is 21.2 Å². The topological polar surface area (TPSA) is 64.6 Å². The maximum Gasteiger partial charge on any atom is 0.290 e. The number of amides is 2. The molecule has 1 aromatic carbocycles. The van der Waals surface area contributed by atoms with Crippen LogP contribution in [0.2, 0.25) is 0 Å². The molecule has 0 spiro atoms. The molecule has 2 amide bonds. The van der Waals surface area contributed by atoms with Crippen molar-refractivity contribution in [2.24, 2.45) is 0 Å². The molecule has 0 saturated carbocycles. The molecule has 0 radical (unpaired) electrons. The van der Waals surface area contributed by atoms with Crippen LogP contribution in [0.3, 0.4) is 0 Å². The molecule has 21 heavy (non-hydrogen) atoms. The van der Waals surface area contributed by atoms with Gasteiger partial charge < -0.3 is 9.47 Å². The summed E-state index contributed by atoms with van der Waals surface area (Å²) in [6.07, 6.45) is 2.53. The number of hydrogen-bond acceptors (Lipinski definition) is 5. The maximum absolute atomic E-state index is 11.5. The lowest BCUT2D eigenvalue weighted by Gasteiger charge is -2.13. The van der Waals surface area contributed by atoms with Crippen molar-refractivity contribution in [2.75, 3.05) is 13.7 Å². The lowest BCUT2D eigenvalue weighted by molar-refractivity contribution is -0.115. The lowest BCUT2D eigenvalue weighted by atomic mass is 10.2. The molecule has 0 aliphatic carbocycles. The third-order valence-electron chi connectivity index (χ3n) is 2.64. The SMILES string of the molecule is CCCOc1c(Br)cc(/C=C2/SC(=O)NC2=O)cc1OC. The summed E-state index contributed by atoms with van der Waals surface area (Å²) in [6.45, 7) is 2.61. The van der Waals surface area contributed by atoms with Crippen LogP contribution in [-0.4, -0.2) is 24.9 Å². The molecule has 1 aromatic rings. The molecule has 1 aliphatic rings. The molecule has 1 N–H and O–H groups in total. The van der Waals surface area contributed by atoms with Crippen LogP contribution < -0.4 is 14.8 Å². The minimum atomic E-state index is -0.383. The monoisotopic (exact) mass is 371 g/mol. The van der Waals surface area contributed by atoms with Gasteiger partial charge in [0.25, 0.3) is 11.1 Å². The molecule has 1 heterocycles. The lowest BCUT2D eigenvalue weighted by Crippen LogP contribution is -2.17. The summed E-state index contributed by atoms with van der Waals surface area (Å²) in [5, 5.41) is 1.86. The highest BCUT2D eigenvalue weighted by molar-refractivity contribution is 9.10. The third kappa shape index (κ3) is 3.79. The van der Waals surface area contributed by atoms with Crippen molar-refractivity contribution >= 4 is 44.9 Å². The highest BCUT2D eigenvalue weighted by atomic mass is 79.9. The zero-order valence-corrected chi connectivity index (χ0v) is 14.0. The fourth-order valence-electron chi connectivity index (χ4n) is 1.74. The van der Waals surface area contributed by atoms with Gasteiger partial charge in [-0.05, 0) is 57.9 Å². The zero-order chi connectivity index (χ0) is 15.4. The number of benzene rings is 1. The molecule has 1 fully saturated rings. The zero-order valence-electron chi connectivity index (χ0n) is 11.6. The molecule has 112 valence electrons. The van der Waals surface area contributed by atoms with E-state index in [0.29, 0.717) is 23.0 Å². The standard InChI is InChI=1S/C14H14BrNO4S/c1-3-4-20-12-9(15)5-8(6-10(12)19-2)7-11-13(17)16-14(18)21-11/h5-7H,3-4H2,1-2H3,(H,16,17,18)/b11-7+. The van der Waals surface area contributed by atoms with Crippen LogP contribution in [0.25, 0.3) is 6.08 Å². The molecule has 2 rings (SSSR count). The Balaban J connectivity index is 2.34. The van der Waals surface area contributed by atoms with Crippen molar-refractivity contribution in [3.05, 3.63) is 27.1 Å². The van der Waals surface area contributed by atoms with Crippen LogP contribution in [0.1, 0.15) is 18.9 Å². The number of carbonyl (C=O) groups is 2. The largest absolute Gasteiger partial charge is 0.493 e. The quantitative estimate of drug-likeness (QED) is 0.801. The van der Waals surface area contributed by atoms with Crippen molar-refractivity contribution < 1.29 is 19.1 Å². The number of carbonyl (C=O) groups excluding carboxylic acids is 2. The van der Waals surface area contributed by atoms with Gasteiger partial charge in [0.15, 0.2) is 11.5 Å². The molecular weight excluding hydrogens is 358 g/mol. The summed E-state index contributed by atoms with van der Waals surface area (Å²) >= 11 is 4.32. The fourth-order valence-corrected chi connectivity index (χ4v) is 3.00. The van der Waals surface area contributed by atoms with Crippen LogP contribution in [0.4, 0.5) is 4.79 Å². The summed E-state index contributed by atoms with van der Waals surface area (Å²) in [5.74, 6) is 0.812. The van der Waals surface area contributed by atoms with Crippen molar-refractivity contribution in [2.45, 2.75) is 13.3 Å². The van der Waals surface area contributed by atoms with Crippen LogP contribution in [0.15, 0.2) is 21.5 Å². The number of rotatable bonds is 5. The summed E-state index contributed by atoms with van der Waals surface area (Å²) in [5.41, 5.74) is 0.745. The van der Waals surface area contributed by atoms with Gasteiger partial charge >= 0.3 is 0 Å². The van der Waals surface area contributed by atoms with Gasteiger partial charge in [-0.15, -0.1) is 0 Å². The van der Waals surface area contributed by atoms with Crippen molar-refractivity contribution in [1.29, 1.82) is 0 Å². The molecular formula is C14H14BrNO4S. The van der Waals surface area contributed by atoms with E-state index in [1.165, 1.54) is 0 Å². The predicted molar refractivity (Wildman–Crippen MR) is 85.6 cm³/mol. The number of nitrogens with one attached hydrogen (secondary N) is 1. The normalized spacial score (nSPS) is 16.2. The summed E-state index contributed by atoms with van der Waals surface area (Å²) in [6, 6.07) is 3.58. The highest BCUT2D eigenvalue weighted by Crippen LogP contribution is 2.38. The molecule has 7 heteroatoms. The maximum atomic E-state index is 11.5. The Morgan fingerprint density at radius 1 is 1.38 bits per heavy atom. The van der Waals surface area contributed by atoms with E-state index >= 15 is 0 Å².